The molecule has 1 N–H and O–H groups in total. The summed E-state index contributed by atoms with van der Waals surface area (Å²) in [4.78, 5) is 2.18. The minimum Gasteiger partial charge on any atom is -0.394 e. The highest BCUT2D eigenvalue weighted by Gasteiger charge is 2.25. The maximum Gasteiger partial charge on any atom is 0.138 e. The van der Waals surface area contributed by atoms with Crippen molar-refractivity contribution >= 4 is 23.1 Å². The van der Waals surface area contributed by atoms with Crippen LogP contribution in [0.25, 0.3) is 0 Å². The largest absolute Gasteiger partial charge is 0.394 e. The molecule has 0 spiro atoms. The number of morpholine rings is 1. The van der Waals surface area contributed by atoms with Crippen molar-refractivity contribution < 1.29 is 9.84 Å². The zero-order chi connectivity index (χ0) is 11.5. The van der Waals surface area contributed by atoms with Gasteiger partial charge in [0.2, 0.25) is 0 Å². The predicted octanol–water partition coefficient (Wildman–Crippen LogP) is 0.773. The fourth-order valence-electron chi connectivity index (χ4n) is 1.87. The first-order valence-corrected chi connectivity index (χ1v) is 6.29. The summed E-state index contributed by atoms with van der Waals surface area (Å²) in [6.07, 6.45) is 0.00499. The number of nitrogens with zero attached hydrogens (tertiary/aromatic N) is 3. The molecule has 2 unspecified atom stereocenters. The summed E-state index contributed by atoms with van der Waals surface area (Å²) in [7, 11) is 0. The summed E-state index contributed by atoms with van der Waals surface area (Å²) >= 11 is 7.15. The number of aliphatic hydroxyl groups excluding tert-OH is 1. The Morgan fingerprint density at radius 1 is 1.62 bits per heavy atom. The Morgan fingerprint density at radius 2 is 2.44 bits per heavy atom. The van der Waals surface area contributed by atoms with E-state index in [0.29, 0.717) is 17.4 Å². The summed E-state index contributed by atoms with van der Waals surface area (Å²) in [6.45, 7) is 4.23. The first-order chi connectivity index (χ1) is 7.69. The molecule has 0 aromatic carbocycles. The normalized spacial score (nSPS) is 27.2. The van der Waals surface area contributed by atoms with Crippen LogP contribution in [0.3, 0.4) is 0 Å². The van der Waals surface area contributed by atoms with E-state index in [9.17, 15) is 0 Å². The highest BCUT2D eigenvalue weighted by atomic mass is 35.5. The van der Waals surface area contributed by atoms with E-state index < -0.39 is 0 Å². The third-order valence-electron chi connectivity index (χ3n) is 2.49. The van der Waals surface area contributed by atoms with E-state index in [1.807, 2.05) is 6.92 Å². The first kappa shape index (κ1) is 12.2. The van der Waals surface area contributed by atoms with Gasteiger partial charge in [0.1, 0.15) is 10.0 Å². The van der Waals surface area contributed by atoms with Crippen LogP contribution in [0.15, 0.2) is 0 Å². The van der Waals surface area contributed by atoms with E-state index in [0.717, 1.165) is 12.2 Å². The van der Waals surface area contributed by atoms with Crippen LogP contribution >= 0.6 is 23.1 Å². The van der Waals surface area contributed by atoms with Crippen LogP contribution in [0.4, 0.5) is 0 Å². The van der Waals surface area contributed by atoms with Crippen LogP contribution in [0.5, 0.6) is 0 Å². The lowest BCUT2D eigenvalue weighted by molar-refractivity contribution is -0.0974. The van der Waals surface area contributed by atoms with Crippen molar-refractivity contribution in [1.82, 2.24) is 14.5 Å². The fourth-order valence-corrected chi connectivity index (χ4v) is 2.49. The molecule has 90 valence electrons. The topological polar surface area (TPSA) is 58.5 Å². The van der Waals surface area contributed by atoms with E-state index in [2.05, 4.69) is 14.5 Å². The molecule has 7 heteroatoms. The van der Waals surface area contributed by atoms with E-state index in [1.54, 1.807) is 0 Å². The number of ether oxygens (including phenoxy) is 1. The van der Waals surface area contributed by atoms with Gasteiger partial charge in [-0.25, -0.2) is 0 Å². The Hall–Kier alpha value is -0.270. The number of aromatic nitrogens is 2. The Labute approximate surface area is 103 Å². The van der Waals surface area contributed by atoms with Crippen molar-refractivity contribution in [3.05, 3.63) is 10.0 Å². The summed E-state index contributed by atoms with van der Waals surface area (Å²) in [5.41, 5.74) is 0.803. The molecule has 1 aromatic heterocycles. The molecule has 5 nitrogen and oxygen atoms in total. The number of aliphatic hydroxyl groups is 1. The third-order valence-corrected chi connectivity index (χ3v) is 3.47. The van der Waals surface area contributed by atoms with Gasteiger partial charge in [0.25, 0.3) is 0 Å². The molecule has 0 bridgehead atoms. The van der Waals surface area contributed by atoms with Crippen molar-refractivity contribution in [3.63, 3.8) is 0 Å². The van der Waals surface area contributed by atoms with Crippen LogP contribution in [-0.4, -0.2) is 51.5 Å². The van der Waals surface area contributed by atoms with Crippen molar-refractivity contribution in [2.75, 3.05) is 19.7 Å². The van der Waals surface area contributed by atoms with Gasteiger partial charge in [-0.1, -0.05) is 16.1 Å². The minimum absolute atomic E-state index is 0.0455. The van der Waals surface area contributed by atoms with E-state index in [-0.39, 0.29) is 18.8 Å². The first-order valence-electron chi connectivity index (χ1n) is 5.14. The van der Waals surface area contributed by atoms with E-state index in [4.69, 9.17) is 21.4 Å². The predicted molar refractivity (Wildman–Crippen MR) is 61.6 cm³/mol. The summed E-state index contributed by atoms with van der Waals surface area (Å²) < 4.78 is 9.99. The van der Waals surface area contributed by atoms with Crippen molar-refractivity contribution in [2.24, 2.45) is 0 Å². The van der Waals surface area contributed by atoms with Gasteiger partial charge in [0.15, 0.2) is 0 Å². The van der Waals surface area contributed by atoms with Gasteiger partial charge in [-0.2, -0.15) is 0 Å². The molecule has 0 radical (unpaired) electrons. The van der Waals surface area contributed by atoms with Crippen molar-refractivity contribution in [2.45, 2.75) is 25.7 Å². The number of rotatable bonds is 3. The van der Waals surface area contributed by atoms with E-state index >= 15 is 0 Å². The molecule has 0 saturated carbocycles. The molecule has 1 aliphatic rings. The standard InChI is InChI=1S/C9H14ClN3O2S/c1-6-2-13(3-7(5-14)15-6)4-8-9(10)16-12-11-8/h6-7,14H,2-5H2,1H3. The van der Waals surface area contributed by atoms with Gasteiger partial charge in [-0.15, -0.1) is 5.10 Å². The fraction of sp³-hybridized carbons (Fsp3) is 0.778. The van der Waals surface area contributed by atoms with Gasteiger partial charge in [-0.3, -0.25) is 4.90 Å². The average Bonchev–Trinajstić information content (AvgIpc) is 2.63. The molecule has 2 rings (SSSR count). The molecule has 1 fully saturated rings. The quantitative estimate of drug-likeness (QED) is 0.873. The van der Waals surface area contributed by atoms with Gasteiger partial charge in [-0.05, 0) is 6.92 Å². The number of hydrogen-bond donors (Lipinski definition) is 1. The number of halogens is 1. The molecule has 2 atom stereocenters. The average molecular weight is 264 g/mol. The highest BCUT2D eigenvalue weighted by Crippen LogP contribution is 2.20. The number of hydrogen-bond acceptors (Lipinski definition) is 6. The van der Waals surface area contributed by atoms with Gasteiger partial charge < -0.3 is 9.84 Å². The monoisotopic (exact) mass is 263 g/mol. The van der Waals surface area contributed by atoms with Gasteiger partial charge in [0.05, 0.1) is 18.8 Å². The molecular formula is C9H14ClN3O2S. The molecular weight excluding hydrogens is 250 g/mol. The Morgan fingerprint density at radius 3 is 3.06 bits per heavy atom. The molecule has 0 aliphatic carbocycles. The van der Waals surface area contributed by atoms with Crippen LogP contribution in [0.2, 0.25) is 4.34 Å². The molecule has 16 heavy (non-hydrogen) atoms. The van der Waals surface area contributed by atoms with Crippen molar-refractivity contribution in [3.8, 4) is 0 Å². The lowest BCUT2D eigenvalue weighted by Gasteiger charge is -2.35. The van der Waals surface area contributed by atoms with E-state index in [1.165, 1.54) is 11.5 Å². The lowest BCUT2D eigenvalue weighted by Crippen LogP contribution is -2.47. The second-order valence-electron chi connectivity index (χ2n) is 3.94. The summed E-state index contributed by atoms with van der Waals surface area (Å²) in [5.74, 6) is 0. The van der Waals surface area contributed by atoms with Gasteiger partial charge in [0, 0.05) is 31.2 Å². The lowest BCUT2D eigenvalue weighted by atomic mass is 10.2. The highest BCUT2D eigenvalue weighted by molar-refractivity contribution is 7.10. The van der Waals surface area contributed by atoms with Crippen LogP contribution in [-0.2, 0) is 11.3 Å². The van der Waals surface area contributed by atoms with Crippen LogP contribution < -0.4 is 0 Å². The SMILES string of the molecule is CC1CN(Cc2nnsc2Cl)CC(CO)O1. The van der Waals surface area contributed by atoms with Crippen LogP contribution in [0.1, 0.15) is 12.6 Å². The molecule has 1 saturated heterocycles. The second kappa shape index (κ2) is 5.37. The zero-order valence-corrected chi connectivity index (χ0v) is 10.5. The molecule has 1 aliphatic heterocycles. The molecule has 1 aromatic rings. The van der Waals surface area contributed by atoms with Crippen LogP contribution in [0, 0.1) is 0 Å². The molecule has 2 heterocycles. The summed E-state index contributed by atoms with van der Waals surface area (Å²) in [6, 6.07) is 0. The second-order valence-corrected chi connectivity index (χ2v) is 5.29. The molecule has 0 amide bonds. The maximum absolute atomic E-state index is 9.10. The van der Waals surface area contributed by atoms with Crippen molar-refractivity contribution in [1.29, 1.82) is 0 Å². The summed E-state index contributed by atoms with van der Waals surface area (Å²) in [5, 5.41) is 13.1. The Balaban J connectivity index is 1.96. The zero-order valence-electron chi connectivity index (χ0n) is 8.97. The third kappa shape index (κ3) is 2.89. The maximum atomic E-state index is 9.10. The Bertz CT molecular complexity index is 349. The van der Waals surface area contributed by atoms with Gasteiger partial charge >= 0.3 is 0 Å². The smallest absolute Gasteiger partial charge is 0.138 e. The minimum atomic E-state index is -0.117. The Kier molecular flexibility index (Phi) is 4.10.